The van der Waals surface area contributed by atoms with Crippen LogP contribution in [0.25, 0.3) is 0 Å². The molecular weight excluding hydrogens is 336 g/mol. The molecule has 4 nitrogen and oxygen atoms in total. The highest BCUT2D eigenvalue weighted by Gasteiger charge is 2.44. The van der Waals surface area contributed by atoms with Crippen LogP contribution in [-0.2, 0) is 22.4 Å². The number of aromatic nitrogens is 2. The van der Waals surface area contributed by atoms with Gasteiger partial charge in [0, 0.05) is 24.2 Å². The van der Waals surface area contributed by atoms with Gasteiger partial charge in [-0.25, -0.2) is 4.98 Å². The molecule has 3 rings (SSSR count). The lowest BCUT2D eigenvalue weighted by atomic mass is 9.79. The molecule has 27 heavy (non-hydrogen) atoms. The molecule has 0 bridgehead atoms. The van der Waals surface area contributed by atoms with Crippen LogP contribution in [0.15, 0.2) is 36.9 Å². The first-order valence-corrected chi connectivity index (χ1v) is 10.3. The predicted molar refractivity (Wildman–Crippen MR) is 109 cm³/mol. The van der Waals surface area contributed by atoms with Crippen LogP contribution >= 0.6 is 0 Å². The fourth-order valence-corrected chi connectivity index (χ4v) is 4.52. The van der Waals surface area contributed by atoms with Gasteiger partial charge in [-0.15, -0.1) is 0 Å². The molecule has 0 atom stereocenters. The molecular formula is C23H34N2O2. The van der Waals surface area contributed by atoms with E-state index in [-0.39, 0.29) is 5.41 Å². The van der Waals surface area contributed by atoms with Gasteiger partial charge in [0.1, 0.15) is 0 Å². The van der Waals surface area contributed by atoms with E-state index in [9.17, 15) is 0 Å². The molecule has 2 aromatic rings. The zero-order valence-corrected chi connectivity index (χ0v) is 17.3. The van der Waals surface area contributed by atoms with Gasteiger partial charge in [0.15, 0.2) is 5.79 Å². The highest BCUT2D eigenvalue weighted by molar-refractivity contribution is 5.29. The van der Waals surface area contributed by atoms with Crippen molar-refractivity contribution in [2.45, 2.75) is 72.1 Å². The molecule has 0 spiro atoms. The molecule has 0 amide bonds. The first kappa shape index (κ1) is 20.1. The minimum atomic E-state index is -0.633. The number of imidazole rings is 1. The molecule has 1 aliphatic heterocycles. The normalized spacial score (nSPS) is 18.5. The second kappa shape index (κ2) is 8.57. The molecule has 0 aliphatic carbocycles. The summed E-state index contributed by atoms with van der Waals surface area (Å²) in [6.45, 7) is 11.0. The van der Waals surface area contributed by atoms with E-state index >= 15 is 0 Å². The third-order valence-electron chi connectivity index (χ3n) is 5.58. The van der Waals surface area contributed by atoms with E-state index < -0.39 is 5.79 Å². The van der Waals surface area contributed by atoms with Crippen LogP contribution in [0.4, 0.5) is 0 Å². The summed E-state index contributed by atoms with van der Waals surface area (Å²) in [6.07, 6.45) is 11.0. The zero-order valence-electron chi connectivity index (χ0n) is 17.3. The largest absolute Gasteiger partial charge is 0.347 e. The molecule has 1 aliphatic rings. The highest BCUT2D eigenvalue weighted by atomic mass is 16.7. The number of rotatable bonds is 8. The molecule has 2 heterocycles. The van der Waals surface area contributed by atoms with Gasteiger partial charge < -0.3 is 14.0 Å². The van der Waals surface area contributed by atoms with Crippen LogP contribution in [0.1, 0.15) is 56.2 Å². The average Bonchev–Trinajstić information content (AvgIpc) is 3.10. The maximum Gasteiger partial charge on any atom is 0.190 e. The van der Waals surface area contributed by atoms with E-state index in [0.717, 1.165) is 45.3 Å². The molecule has 1 aromatic carbocycles. The predicted octanol–water partition coefficient (Wildman–Crippen LogP) is 5.07. The van der Waals surface area contributed by atoms with E-state index in [0.29, 0.717) is 6.54 Å². The average molecular weight is 371 g/mol. The van der Waals surface area contributed by atoms with Gasteiger partial charge in [0.2, 0.25) is 0 Å². The van der Waals surface area contributed by atoms with Gasteiger partial charge in [-0.3, -0.25) is 0 Å². The van der Waals surface area contributed by atoms with Gasteiger partial charge in [0.25, 0.3) is 0 Å². The lowest BCUT2D eigenvalue weighted by Crippen LogP contribution is -2.53. The van der Waals surface area contributed by atoms with E-state index in [1.165, 1.54) is 16.7 Å². The van der Waals surface area contributed by atoms with Gasteiger partial charge in [0.05, 0.1) is 26.1 Å². The maximum absolute atomic E-state index is 6.57. The van der Waals surface area contributed by atoms with Crippen molar-refractivity contribution in [3.63, 3.8) is 0 Å². The smallest absolute Gasteiger partial charge is 0.190 e. The van der Waals surface area contributed by atoms with Gasteiger partial charge in [-0.2, -0.15) is 0 Å². The summed E-state index contributed by atoms with van der Waals surface area (Å²) in [5.74, 6) is -0.633. The number of aryl methyl sites for hydroxylation is 2. The van der Waals surface area contributed by atoms with Crippen LogP contribution in [0.5, 0.6) is 0 Å². The summed E-state index contributed by atoms with van der Waals surface area (Å²) < 4.78 is 15.2. The SMILES string of the molecule is CCCC1(CCC)COC(Cc2cc(C)cc(C)c2)(Cn2ccnc2)OC1. The first-order chi connectivity index (χ1) is 13.0. The van der Waals surface area contributed by atoms with Crippen molar-refractivity contribution >= 4 is 0 Å². The third kappa shape index (κ3) is 4.99. The van der Waals surface area contributed by atoms with Crippen molar-refractivity contribution in [2.75, 3.05) is 13.2 Å². The van der Waals surface area contributed by atoms with Crippen LogP contribution in [-0.4, -0.2) is 28.6 Å². The Morgan fingerprint density at radius 1 is 1.00 bits per heavy atom. The Morgan fingerprint density at radius 2 is 1.63 bits per heavy atom. The molecule has 0 N–H and O–H groups in total. The minimum absolute atomic E-state index is 0.157. The lowest BCUT2D eigenvalue weighted by Gasteiger charge is -2.47. The molecule has 1 aromatic heterocycles. The second-order valence-electron chi connectivity index (χ2n) is 8.40. The van der Waals surface area contributed by atoms with Crippen LogP contribution in [0.2, 0.25) is 0 Å². The Hall–Kier alpha value is -1.65. The number of benzene rings is 1. The molecule has 1 saturated heterocycles. The lowest BCUT2D eigenvalue weighted by molar-refractivity contribution is -0.311. The Bertz CT molecular complexity index is 688. The summed E-state index contributed by atoms with van der Waals surface area (Å²) >= 11 is 0. The number of ether oxygens (including phenoxy) is 2. The van der Waals surface area contributed by atoms with Crippen molar-refractivity contribution in [1.82, 2.24) is 9.55 Å². The van der Waals surface area contributed by atoms with Crippen molar-refractivity contribution < 1.29 is 9.47 Å². The third-order valence-corrected chi connectivity index (χ3v) is 5.58. The van der Waals surface area contributed by atoms with Crippen LogP contribution < -0.4 is 0 Å². The maximum atomic E-state index is 6.57. The number of nitrogens with zero attached hydrogens (tertiary/aromatic N) is 2. The number of hydrogen-bond acceptors (Lipinski definition) is 3. The molecule has 0 unspecified atom stereocenters. The molecule has 0 radical (unpaired) electrons. The summed E-state index contributed by atoms with van der Waals surface area (Å²) in [5, 5.41) is 0. The fourth-order valence-electron chi connectivity index (χ4n) is 4.52. The van der Waals surface area contributed by atoms with E-state index in [1.807, 2.05) is 18.7 Å². The van der Waals surface area contributed by atoms with Gasteiger partial charge >= 0.3 is 0 Å². The Morgan fingerprint density at radius 3 is 2.15 bits per heavy atom. The van der Waals surface area contributed by atoms with E-state index in [1.54, 1.807) is 0 Å². The summed E-state index contributed by atoms with van der Waals surface area (Å²) in [5.41, 5.74) is 3.99. The summed E-state index contributed by atoms with van der Waals surface area (Å²) in [4.78, 5) is 4.19. The Kier molecular flexibility index (Phi) is 6.38. The van der Waals surface area contributed by atoms with Crippen molar-refractivity contribution in [3.8, 4) is 0 Å². The van der Waals surface area contributed by atoms with Crippen LogP contribution in [0, 0.1) is 19.3 Å². The van der Waals surface area contributed by atoms with Gasteiger partial charge in [-0.05, 0) is 32.3 Å². The molecule has 0 saturated carbocycles. The topological polar surface area (TPSA) is 36.3 Å². The number of hydrogen-bond donors (Lipinski definition) is 0. The van der Waals surface area contributed by atoms with Gasteiger partial charge in [-0.1, -0.05) is 56.0 Å². The van der Waals surface area contributed by atoms with Crippen molar-refractivity contribution in [2.24, 2.45) is 5.41 Å². The Balaban J connectivity index is 1.83. The standard InChI is InChI=1S/C23H34N2O2/c1-5-7-22(8-6-2)16-26-23(27-17-22,15-25-10-9-24-18-25)14-21-12-19(3)11-20(4)13-21/h9-13,18H,5-8,14-17H2,1-4H3. The zero-order chi connectivity index (χ0) is 19.3. The minimum Gasteiger partial charge on any atom is -0.347 e. The Labute approximate surface area is 163 Å². The fraction of sp³-hybridized carbons (Fsp3) is 0.609. The van der Waals surface area contributed by atoms with Crippen molar-refractivity contribution in [3.05, 3.63) is 53.6 Å². The van der Waals surface area contributed by atoms with E-state index in [4.69, 9.17) is 9.47 Å². The molecule has 4 heteroatoms. The molecule has 1 fully saturated rings. The first-order valence-electron chi connectivity index (χ1n) is 10.3. The summed E-state index contributed by atoms with van der Waals surface area (Å²) in [7, 11) is 0. The second-order valence-corrected chi connectivity index (χ2v) is 8.40. The van der Waals surface area contributed by atoms with E-state index in [2.05, 4.69) is 55.4 Å². The highest BCUT2D eigenvalue weighted by Crippen LogP contribution is 2.39. The van der Waals surface area contributed by atoms with Crippen molar-refractivity contribution in [1.29, 1.82) is 0 Å². The van der Waals surface area contributed by atoms with Crippen LogP contribution in [0.3, 0.4) is 0 Å². The molecule has 148 valence electrons. The summed E-state index contributed by atoms with van der Waals surface area (Å²) in [6, 6.07) is 6.70. The quantitative estimate of drug-likeness (QED) is 0.651. The monoisotopic (exact) mass is 370 g/mol.